The van der Waals surface area contributed by atoms with Gasteiger partial charge in [0, 0.05) is 6.61 Å². The summed E-state index contributed by atoms with van der Waals surface area (Å²) in [5.74, 6) is 0. The van der Waals surface area contributed by atoms with Crippen LogP contribution in [0.4, 0.5) is 0 Å². The summed E-state index contributed by atoms with van der Waals surface area (Å²) in [4.78, 5) is 0. The molecular formula is C12H26O. The number of rotatable bonds is 3. The van der Waals surface area contributed by atoms with Gasteiger partial charge in [0.25, 0.3) is 0 Å². The van der Waals surface area contributed by atoms with E-state index in [-0.39, 0.29) is 5.60 Å². The van der Waals surface area contributed by atoms with Gasteiger partial charge in [-0.05, 0) is 26.2 Å². The standard InChI is InChI=1S/C10H20O.C2H6/c1-3-10(11-4-2)8-6-5-7-9-10;1-2/h3-9H2,1-2H3;1-2H3. The fourth-order valence-corrected chi connectivity index (χ4v) is 2.10. The van der Waals surface area contributed by atoms with Crippen molar-refractivity contribution in [3.63, 3.8) is 0 Å². The van der Waals surface area contributed by atoms with Gasteiger partial charge in [-0.1, -0.05) is 40.0 Å². The molecule has 0 radical (unpaired) electrons. The second kappa shape index (κ2) is 7.37. The first-order valence-corrected chi connectivity index (χ1v) is 5.97. The highest BCUT2D eigenvalue weighted by molar-refractivity contribution is 4.82. The highest BCUT2D eigenvalue weighted by atomic mass is 16.5. The first kappa shape index (κ1) is 13.0. The van der Waals surface area contributed by atoms with Crippen molar-refractivity contribution in [3.05, 3.63) is 0 Å². The van der Waals surface area contributed by atoms with E-state index < -0.39 is 0 Å². The van der Waals surface area contributed by atoms with Crippen LogP contribution in [0, 0.1) is 0 Å². The van der Waals surface area contributed by atoms with E-state index in [9.17, 15) is 0 Å². The van der Waals surface area contributed by atoms with Crippen LogP contribution in [0.3, 0.4) is 0 Å². The lowest BCUT2D eigenvalue weighted by Gasteiger charge is -2.36. The Morgan fingerprint density at radius 3 is 1.92 bits per heavy atom. The minimum Gasteiger partial charge on any atom is -0.375 e. The average Bonchev–Trinajstić information content (AvgIpc) is 2.23. The van der Waals surface area contributed by atoms with Crippen LogP contribution in [0.15, 0.2) is 0 Å². The zero-order valence-electron chi connectivity index (χ0n) is 9.86. The van der Waals surface area contributed by atoms with Crippen LogP contribution in [0.5, 0.6) is 0 Å². The van der Waals surface area contributed by atoms with E-state index in [2.05, 4.69) is 13.8 Å². The summed E-state index contributed by atoms with van der Waals surface area (Å²) >= 11 is 0. The molecule has 80 valence electrons. The molecule has 1 fully saturated rings. The quantitative estimate of drug-likeness (QED) is 0.643. The van der Waals surface area contributed by atoms with Crippen LogP contribution in [0.1, 0.15) is 66.2 Å². The van der Waals surface area contributed by atoms with E-state index in [1.54, 1.807) is 0 Å². The summed E-state index contributed by atoms with van der Waals surface area (Å²) < 4.78 is 5.82. The minimum atomic E-state index is 0.271. The lowest BCUT2D eigenvalue weighted by Crippen LogP contribution is -2.34. The molecule has 0 unspecified atom stereocenters. The van der Waals surface area contributed by atoms with Crippen molar-refractivity contribution in [2.24, 2.45) is 0 Å². The maximum absolute atomic E-state index is 5.82. The highest BCUT2D eigenvalue weighted by Crippen LogP contribution is 2.33. The summed E-state index contributed by atoms with van der Waals surface area (Å²) in [7, 11) is 0. The van der Waals surface area contributed by atoms with Gasteiger partial charge in [-0.15, -0.1) is 0 Å². The molecule has 1 nitrogen and oxygen atoms in total. The Bertz CT molecular complexity index is 98.2. The van der Waals surface area contributed by atoms with E-state index in [1.807, 2.05) is 13.8 Å². The maximum Gasteiger partial charge on any atom is 0.0679 e. The van der Waals surface area contributed by atoms with E-state index in [4.69, 9.17) is 4.74 Å². The second-order valence-corrected chi connectivity index (χ2v) is 3.53. The van der Waals surface area contributed by atoms with Gasteiger partial charge in [0.15, 0.2) is 0 Å². The molecule has 1 rings (SSSR count). The van der Waals surface area contributed by atoms with Crippen molar-refractivity contribution >= 4 is 0 Å². The van der Waals surface area contributed by atoms with E-state index in [1.165, 1.54) is 38.5 Å². The predicted molar refractivity (Wildman–Crippen MR) is 59.1 cm³/mol. The third-order valence-corrected chi connectivity index (χ3v) is 2.86. The molecule has 0 amide bonds. The highest BCUT2D eigenvalue weighted by Gasteiger charge is 2.29. The van der Waals surface area contributed by atoms with Gasteiger partial charge in [-0.25, -0.2) is 0 Å². The molecule has 0 aliphatic heterocycles. The summed E-state index contributed by atoms with van der Waals surface area (Å²) in [5, 5.41) is 0. The normalized spacial score (nSPS) is 20.3. The number of hydrogen-bond donors (Lipinski definition) is 0. The Balaban J connectivity index is 0.000000671. The molecule has 0 aromatic rings. The fourth-order valence-electron chi connectivity index (χ4n) is 2.10. The lowest BCUT2D eigenvalue weighted by atomic mass is 9.83. The topological polar surface area (TPSA) is 9.23 Å². The Morgan fingerprint density at radius 1 is 1.00 bits per heavy atom. The Labute approximate surface area is 83.9 Å². The van der Waals surface area contributed by atoms with Crippen molar-refractivity contribution in [3.8, 4) is 0 Å². The molecule has 0 aromatic heterocycles. The predicted octanol–water partition coefficient (Wildman–Crippen LogP) is 4.16. The Morgan fingerprint density at radius 2 is 1.54 bits per heavy atom. The van der Waals surface area contributed by atoms with Gasteiger partial charge in [0.1, 0.15) is 0 Å². The van der Waals surface area contributed by atoms with E-state index in [0.29, 0.717) is 0 Å². The molecule has 0 atom stereocenters. The van der Waals surface area contributed by atoms with Crippen LogP contribution >= 0.6 is 0 Å². The molecule has 0 bridgehead atoms. The monoisotopic (exact) mass is 186 g/mol. The summed E-state index contributed by atoms with van der Waals surface area (Å²) in [6.45, 7) is 9.24. The summed E-state index contributed by atoms with van der Waals surface area (Å²) in [6, 6.07) is 0. The Kier molecular flexibility index (Phi) is 7.35. The van der Waals surface area contributed by atoms with Gasteiger partial charge < -0.3 is 4.74 Å². The third kappa shape index (κ3) is 4.12. The molecule has 0 saturated heterocycles. The van der Waals surface area contributed by atoms with Crippen LogP contribution in [-0.4, -0.2) is 12.2 Å². The molecule has 1 aliphatic rings. The third-order valence-electron chi connectivity index (χ3n) is 2.86. The van der Waals surface area contributed by atoms with Crippen LogP contribution in [0.2, 0.25) is 0 Å². The van der Waals surface area contributed by atoms with Crippen LogP contribution in [-0.2, 0) is 4.74 Å². The molecule has 13 heavy (non-hydrogen) atoms. The fraction of sp³-hybridized carbons (Fsp3) is 1.00. The maximum atomic E-state index is 5.82. The molecule has 0 aromatic carbocycles. The van der Waals surface area contributed by atoms with Gasteiger partial charge in [0.05, 0.1) is 5.60 Å². The van der Waals surface area contributed by atoms with Crippen molar-refractivity contribution in [2.75, 3.05) is 6.61 Å². The number of hydrogen-bond acceptors (Lipinski definition) is 1. The summed E-state index contributed by atoms with van der Waals surface area (Å²) in [6.07, 6.45) is 7.92. The molecule has 0 N–H and O–H groups in total. The van der Waals surface area contributed by atoms with Crippen LogP contribution < -0.4 is 0 Å². The van der Waals surface area contributed by atoms with E-state index in [0.717, 1.165) is 6.61 Å². The molecule has 1 aliphatic carbocycles. The molecule has 0 heterocycles. The SMILES string of the molecule is CC.CCOC1(CC)CCCCC1. The molecule has 1 heteroatoms. The molecular weight excluding hydrogens is 160 g/mol. The summed E-state index contributed by atoms with van der Waals surface area (Å²) in [5.41, 5.74) is 0.271. The van der Waals surface area contributed by atoms with Crippen LogP contribution in [0.25, 0.3) is 0 Å². The first-order chi connectivity index (χ1) is 6.33. The van der Waals surface area contributed by atoms with Crippen molar-refractivity contribution < 1.29 is 4.74 Å². The number of ether oxygens (including phenoxy) is 1. The van der Waals surface area contributed by atoms with Crippen molar-refractivity contribution in [2.45, 2.75) is 71.8 Å². The molecule has 0 spiro atoms. The zero-order valence-corrected chi connectivity index (χ0v) is 9.86. The second-order valence-electron chi connectivity index (χ2n) is 3.53. The van der Waals surface area contributed by atoms with Gasteiger partial charge in [-0.2, -0.15) is 0 Å². The van der Waals surface area contributed by atoms with Crippen molar-refractivity contribution in [1.29, 1.82) is 0 Å². The van der Waals surface area contributed by atoms with Gasteiger partial charge in [-0.3, -0.25) is 0 Å². The van der Waals surface area contributed by atoms with E-state index >= 15 is 0 Å². The lowest BCUT2D eigenvalue weighted by molar-refractivity contribution is -0.0669. The zero-order chi connectivity index (χ0) is 10.2. The molecule has 1 saturated carbocycles. The van der Waals surface area contributed by atoms with Crippen molar-refractivity contribution in [1.82, 2.24) is 0 Å². The van der Waals surface area contributed by atoms with Gasteiger partial charge in [0.2, 0.25) is 0 Å². The first-order valence-electron chi connectivity index (χ1n) is 5.97. The Hall–Kier alpha value is -0.0400. The minimum absolute atomic E-state index is 0.271. The largest absolute Gasteiger partial charge is 0.375 e. The average molecular weight is 186 g/mol. The smallest absolute Gasteiger partial charge is 0.0679 e. The van der Waals surface area contributed by atoms with Gasteiger partial charge >= 0.3 is 0 Å².